The van der Waals surface area contributed by atoms with Gasteiger partial charge in [-0.2, -0.15) is 0 Å². The molecule has 1 unspecified atom stereocenters. The molecule has 4 nitrogen and oxygen atoms in total. The van der Waals surface area contributed by atoms with Gasteiger partial charge in [0.25, 0.3) is 8.48 Å². The predicted octanol–water partition coefficient (Wildman–Crippen LogP) is 2.18. The van der Waals surface area contributed by atoms with Crippen molar-refractivity contribution in [1.29, 1.82) is 0 Å². The Morgan fingerprint density at radius 2 is 2.06 bits per heavy atom. The number of carbonyl (C=O) groups excluding carboxylic acids is 1. The summed E-state index contributed by atoms with van der Waals surface area (Å²) in [6.07, 6.45) is 1.14. The molecule has 0 radical (unpaired) electrons. The molecule has 0 bridgehead atoms. The summed E-state index contributed by atoms with van der Waals surface area (Å²) in [5, 5.41) is 0. The van der Waals surface area contributed by atoms with E-state index < -0.39 is 16.8 Å². The Kier molecular flexibility index (Phi) is 4.94. The van der Waals surface area contributed by atoms with Crippen molar-refractivity contribution in [2.75, 3.05) is 19.7 Å². The molecule has 1 saturated heterocycles. The summed E-state index contributed by atoms with van der Waals surface area (Å²) in [5.74, 6) is -0.0792. The Labute approximate surface area is 107 Å². The summed E-state index contributed by atoms with van der Waals surface area (Å²) in [5.41, 5.74) is 0. The molecule has 0 saturated carbocycles. The molecular weight excluding hydrogens is 250 g/mol. The third kappa shape index (κ3) is 4.53. The highest BCUT2D eigenvalue weighted by Crippen LogP contribution is 2.26. The largest absolute Gasteiger partial charge is 0.519 e. The van der Waals surface area contributed by atoms with Crippen LogP contribution in [-0.4, -0.2) is 47.0 Å². The number of nitrogens with zero attached hydrogens (tertiary/aromatic N) is 1. The van der Waals surface area contributed by atoms with Crippen molar-refractivity contribution in [3.63, 3.8) is 0 Å². The summed E-state index contributed by atoms with van der Waals surface area (Å²) in [6.45, 7) is 12.5. The van der Waals surface area contributed by atoms with Crippen LogP contribution in [0.3, 0.4) is 0 Å². The maximum Gasteiger partial charge on any atom is 0.306 e. The standard InChI is InChI=1S/C11H25NO3Si2/c1-6-14-17(5)9-7-8-12(17)10-11(13)15-16(2,3)4/h6-10H2,1-5H3. The highest BCUT2D eigenvalue weighted by Gasteiger charge is 2.42. The zero-order valence-electron chi connectivity index (χ0n) is 11.7. The molecule has 1 fully saturated rings. The lowest BCUT2D eigenvalue weighted by atomic mass is 10.5. The van der Waals surface area contributed by atoms with E-state index in [1.807, 2.05) is 26.6 Å². The normalized spacial score (nSPS) is 26.2. The lowest BCUT2D eigenvalue weighted by Gasteiger charge is -2.32. The fourth-order valence-electron chi connectivity index (χ4n) is 2.24. The summed E-state index contributed by atoms with van der Waals surface area (Å²) in [6, 6.07) is 1.13. The minimum absolute atomic E-state index is 0.0792. The van der Waals surface area contributed by atoms with Crippen molar-refractivity contribution in [1.82, 2.24) is 4.57 Å². The van der Waals surface area contributed by atoms with Crippen LogP contribution in [0.2, 0.25) is 32.2 Å². The molecule has 1 aliphatic heterocycles. The van der Waals surface area contributed by atoms with Gasteiger partial charge in [0.05, 0.1) is 6.54 Å². The average Bonchev–Trinajstić information content (AvgIpc) is 2.45. The van der Waals surface area contributed by atoms with E-state index >= 15 is 0 Å². The van der Waals surface area contributed by atoms with Gasteiger partial charge in [-0.25, -0.2) is 0 Å². The van der Waals surface area contributed by atoms with E-state index in [4.69, 9.17) is 8.85 Å². The smallest absolute Gasteiger partial charge is 0.306 e. The molecule has 0 spiro atoms. The zero-order chi connectivity index (χ0) is 13.1. The van der Waals surface area contributed by atoms with Gasteiger partial charge in [0, 0.05) is 6.61 Å². The zero-order valence-corrected chi connectivity index (χ0v) is 13.7. The van der Waals surface area contributed by atoms with Crippen LogP contribution >= 0.6 is 0 Å². The third-order valence-electron chi connectivity index (χ3n) is 2.93. The first-order valence-corrected chi connectivity index (χ1v) is 12.3. The van der Waals surface area contributed by atoms with Crippen LogP contribution in [-0.2, 0) is 13.6 Å². The van der Waals surface area contributed by atoms with Crippen molar-refractivity contribution in [2.45, 2.75) is 45.6 Å². The first-order chi connectivity index (χ1) is 7.77. The molecule has 0 aromatic carbocycles. The van der Waals surface area contributed by atoms with Crippen molar-refractivity contribution in [3.05, 3.63) is 0 Å². The fraction of sp³-hybridized carbons (Fsp3) is 0.909. The summed E-state index contributed by atoms with van der Waals surface area (Å²) < 4.78 is 13.6. The molecule has 0 aromatic heterocycles. The molecular formula is C11H25NO3Si2. The summed E-state index contributed by atoms with van der Waals surface area (Å²) in [7, 11) is -3.56. The van der Waals surface area contributed by atoms with Crippen LogP contribution in [0.1, 0.15) is 13.3 Å². The van der Waals surface area contributed by atoms with E-state index in [2.05, 4.69) is 11.1 Å². The number of rotatable bonds is 5. The maximum atomic E-state index is 11.8. The summed E-state index contributed by atoms with van der Waals surface area (Å²) >= 11 is 0. The van der Waals surface area contributed by atoms with E-state index in [-0.39, 0.29) is 5.97 Å². The van der Waals surface area contributed by atoms with Gasteiger partial charge in [0.2, 0.25) is 8.32 Å². The van der Waals surface area contributed by atoms with Crippen molar-refractivity contribution >= 4 is 22.8 Å². The molecule has 0 aliphatic carbocycles. The number of hydrogen-bond acceptors (Lipinski definition) is 4. The molecule has 1 heterocycles. The predicted molar refractivity (Wildman–Crippen MR) is 73.7 cm³/mol. The monoisotopic (exact) mass is 275 g/mol. The van der Waals surface area contributed by atoms with Gasteiger partial charge in [-0.05, 0) is 52.1 Å². The molecule has 0 amide bonds. The number of carbonyl (C=O) groups is 1. The summed E-state index contributed by atoms with van der Waals surface area (Å²) in [4.78, 5) is 11.8. The molecule has 6 heteroatoms. The lowest BCUT2D eigenvalue weighted by molar-refractivity contribution is -0.135. The van der Waals surface area contributed by atoms with Crippen LogP contribution in [0, 0.1) is 0 Å². The second-order valence-corrected chi connectivity index (χ2v) is 13.9. The van der Waals surface area contributed by atoms with Crippen LogP contribution < -0.4 is 0 Å². The highest BCUT2D eigenvalue weighted by atomic mass is 28.4. The SMILES string of the molecule is CCO[Si]1(C)CCCN1CC(=O)O[Si](C)(C)C. The molecule has 0 N–H and O–H groups in total. The van der Waals surface area contributed by atoms with Gasteiger partial charge in [0.1, 0.15) is 0 Å². The molecule has 100 valence electrons. The van der Waals surface area contributed by atoms with Crippen LogP contribution in [0.25, 0.3) is 0 Å². The maximum absolute atomic E-state index is 11.8. The first-order valence-electron chi connectivity index (χ1n) is 6.38. The first kappa shape index (κ1) is 14.9. The Morgan fingerprint density at radius 1 is 1.41 bits per heavy atom. The van der Waals surface area contributed by atoms with Gasteiger partial charge in [-0.15, -0.1) is 0 Å². The van der Waals surface area contributed by atoms with Gasteiger partial charge in [0.15, 0.2) is 0 Å². The molecule has 1 aliphatic rings. The van der Waals surface area contributed by atoms with E-state index in [0.717, 1.165) is 25.6 Å². The van der Waals surface area contributed by atoms with E-state index in [9.17, 15) is 4.79 Å². The Morgan fingerprint density at radius 3 is 2.59 bits per heavy atom. The van der Waals surface area contributed by atoms with Crippen molar-refractivity contribution < 1.29 is 13.6 Å². The Bertz CT molecular complexity index is 280. The highest BCUT2D eigenvalue weighted by molar-refractivity contribution is 6.72. The lowest BCUT2D eigenvalue weighted by Crippen LogP contribution is -2.51. The molecule has 17 heavy (non-hydrogen) atoms. The number of hydrogen-bond donors (Lipinski definition) is 0. The molecule has 1 atom stereocenters. The quantitative estimate of drug-likeness (QED) is 0.721. The van der Waals surface area contributed by atoms with Gasteiger partial charge < -0.3 is 8.85 Å². The minimum Gasteiger partial charge on any atom is -0.519 e. The van der Waals surface area contributed by atoms with Crippen molar-refractivity contribution in [3.8, 4) is 0 Å². The average molecular weight is 275 g/mol. The second kappa shape index (κ2) is 5.64. The van der Waals surface area contributed by atoms with Crippen LogP contribution in [0.4, 0.5) is 0 Å². The molecule has 0 aromatic rings. The van der Waals surface area contributed by atoms with Crippen LogP contribution in [0.5, 0.6) is 0 Å². The van der Waals surface area contributed by atoms with E-state index in [1.54, 1.807) is 0 Å². The minimum atomic E-state index is -1.81. The Balaban J connectivity index is 2.53. The van der Waals surface area contributed by atoms with Gasteiger partial charge >= 0.3 is 5.97 Å². The third-order valence-corrected chi connectivity index (χ3v) is 7.68. The van der Waals surface area contributed by atoms with Gasteiger partial charge in [-0.3, -0.25) is 9.36 Å². The fourth-order valence-corrected chi connectivity index (χ4v) is 6.16. The van der Waals surface area contributed by atoms with Crippen molar-refractivity contribution in [2.24, 2.45) is 0 Å². The Hall–Kier alpha value is -0.176. The van der Waals surface area contributed by atoms with E-state index in [1.165, 1.54) is 0 Å². The van der Waals surface area contributed by atoms with Gasteiger partial charge in [-0.1, -0.05) is 0 Å². The van der Waals surface area contributed by atoms with E-state index in [0.29, 0.717) is 6.54 Å². The van der Waals surface area contributed by atoms with Crippen LogP contribution in [0.15, 0.2) is 0 Å². The second-order valence-electron chi connectivity index (χ2n) is 5.72. The molecule has 1 rings (SSSR count). The topological polar surface area (TPSA) is 38.8 Å².